The molecule has 30 heavy (non-hydrogen) atoms. The number of hydrogen-bond donors (Lipinski definition) is 0. The number of aliphatic imine (C=N–C) groups is 1. The first kappa shape index (κ1) is 21.4. The number of fused-ring (bicyclic) bond motifs is 1. The van der Waals surface area contributed by atoms with Gasteiger partial charge in [-0.3, -0.25) is 4.79 Å². The van der Waals surface area contributed by atoms with E-state index < -0.39 is 46.2 Å². The SMILES string of the molecule is COc1cccc2cc(C)c(C(F)(F)F)c([CH]C(=O)C3=C(C(F)(F)F)C(C#N)=N3)c12. The van der Waals surface area contributed by atoms with Gasteiger partial charge in [0, 0.05) is 5.39 Å². The zero-order valence-electron chi connectivity index (χ0n) is 15.4. The summed E-state index contributed by atoms with van der Waals surface area (Å²) < 4.78 is 85.8. The summed E-state index contributed by atoms with van der Waals surface area (Å²) in [6.45, 7) is 1.18. The van der Waals surface area contributed by atoms with Gasteiger partial charge in [0.05, 0.1) is 19.1 Å². The molecule has 0 aromatic heterocycles. The smallest absolute Gasteiger partial charge is 0.421 e. The third kappa shape index (κ3) is 3.51. The highest BCUT2D eigenvalue weighted by atomic mass is 19.4. The minimum atomic E-state index is -5.05. The number of alkyl halides is 6. The number of ketones is 1. The molecular weight excluding hydrogens is 414 g/mol. The first-order chi connectivity index (χ1) is 13.9. The maximum Gasteiger partial charge on any atom is 0.421 e. The molecule has 0 spiro atoms. The number of halogens is 6. The molecule has 0 saturated heterocycles. The Bertz CT molecular complexity index is 1170. The number of hydrogen-bond acceptors (Lipinski definition) is 4. The van der Waals surface area contributed by atoms with Crippen LogP contribution in [0.2, 0.25) is 0 Å². The van der Waals surface area contributed by atoms with Crippen LogP contribution in [0.1, 0.15) is 16.7 Å². The summed E-state index contributed by atoms with van der Waals surface area (Å²) in [6, 6.07) is 6.84. The lowest BCUT2D eigenvalue weighted by molar-refractivity contribution is -0.138. The van der Waals surface area contributed by atoms with Crippen molar-refractivity contribution in [2.75, 3.05) is 7.11 Å². The van der Waals surface area contributed by atoms with E-state index in [0.29, 0.717) is 11.8 Å². The van der Waals surface area contributed by atoms with Crippen molar-refractivity contribution in [3.8, 4) is 11.8 Å². The number of allylic oxidation sites excluding steroid dienone is 2. The van der Waals surface area contributed by atoms with Gasteiger partial charge in [0.15, 0.2) is 11.5 Å². The molecule has 0 atom stereocenters. The lowest BCUT2D eigenvalue weighted by Gasteiger charge is -2.22. The molecule has 10 heteroatoms. The molecule has 2 aromatic carbocycles. The highest BCUT2D eigenvalue weighted by Gasteiger charge is 2.47. The van der Waals surface area contributed by atoms with E-state index in [0.717, 1.165) is 0 Å². The van der Waals surface area contributed by atoms with E-state index >= 15 is 0 Å². The predicted molar refractivity (Wildman–Crippen MR) is 94.8 cm³/mol. The highest BCUT2D eigenvalue weighted by molar-refractivity contribution is 6.25. The zero-order valence-corrected chi connectivity index (χ0v) is 15.4. The maximum absolute atomic E-state index is 13.8. The summed E-state index contributed by atoms with van der Waals surface area (Å²) in [4.78, 5) is 15.8. The molecule has 0 saturated carbocycles. The molecule has 0 fully saturated rings. The Kier molecular flexibility index (Phi) is 5.10. The monoisotopic (exact) mass is 425 g/mol. The summed E-state index contributed by atoms with van der Waals surface area (Å²) in [5.74, 6) is -1.39. The zero-order chi connectivity index (χ0) is 22.4. The van der Waals surface area contributed by atoms with Gasteiger partial charge in [-0.1, -0.05) is 18.2 Å². The third-order valence-electron chi connectivity index (χ3n) is 4.46. The molecule has 0 unspecified atom stereocenters. The molecule has 3 rings (SSSR count). The second kappa shape index (κ2) is 7.16. The van der Waals surface area contributed by atoms with E-state index in [1.165, 1.54) is 44.4 Å². The van der Waals surface area contributed by atoms with Crippen LogP contribution in [0.15, 0.2) is 40.5 Å². The van der Waals surface area contributed by atoms with Crippen LogP contribution in [0.3, 0.4) is 0 Å². The van der Waals surface area contributed by atoms with Crippen molar-refractivity contribution in [2.24, 2.45) is 4.99 Å². The highest BCUT2D eigenvalue weighted by Crippen LogP contribution is 2.43. The van der Waals surface area contributed by atoms with E-state index in [1.807, 2.05) is 0 Å². The summed E-state index contributed by atoms with van der Waals surface area (Å²) in [7, 11) is 1.22. The average Bonchev–Trinajstić information content (AvgIpc) is 2.57. The Hall–Kier alpha value is -3.35. The molecule has 155 valence electrons. The third-order valence-corrected chi connectivity index (χ3v) is 4.46. The van der Waals surface area contributed by atoms with Crippen LogP contribution in [0.4, 0.5) is 26.3 Å². The normalized spacial score (nSPS) is 14.3. The average molecular weight is 425 g/mol. The van der Waals surface area contributed by atoms with Crippen LogP contribution in [-0.2, 0) is 11.0 Å². The number of benzene rings is 2. The Labute approximate surface area is 166 Å². The van der Waals surface area contributed by atoms with Crippen molar-refractivity contribution in [2.45, 2.75) is 19.3 Å². The van der Waals surface area contributed by atoms with E-state index in [1.54, 1.807) is 0 Å². The Morgan fingerprint density at radius 2 is 1.83 bits per heavy atom. The topological polar surface area (TPSA) is 62.5 Å². The number of rotatable bonds is 4. The first-order valence-electron chi connectivity index (χ1n) is 8.27. The number of methoxy groups -OCH3 is 1. The second-order valence-corrected chi connectivity index (χ2v) is 6.34. The Balaban J connectivity index is 2.23. The lowest BCUT2D eigenvalue weighted by Crippen LogP contribution is -2.30. The van der Waals surface area contributed by atoms with Gasteiger partial charge in [0.1, 0.15) is 23.1 Å². The van der Waals surface area contributed by atoms with Crippen molar-refractivity contribution in [1.82, 2.24) is 0 Å². The summed E-state index contributed by atoms with van der Waals surface area (Å²) >= 11 is 0. The van der Waals surface area contributed by atoms with Gasteiger partial charge in [-0.05, 0) is 29.5 Å². The second-order valence-electron chi connectivity index (χ2n) is 6.34. The quantitative estimate of drug-likeness (QED) is 0.641. The Morgan fingerprint density at radius 3 is 2.37 bits per heavy atom. The largest absolute Gasteiger partial charge is 0.496 e. The van der Waals surface area contributed by atoms with Crippen molar-refractivity contribution in [3.05, 3.63) is 58.6 Å². The van der Waals surface area contributed by atoms with Crippen LogP contribution in [0.25, 0.3) is 10.8 Å². The number of Topliss-reactive ketones (excluding diaryl/α,β-unsaturated/α-hetero) is 1. The van der Waals surface area contributed by atoms with Crippen molar-refractivity contribution < 1.29 is 35.9 Å². The summed E-state index contributed by atoms with van der Waals surface area (Å²) in [5.41, 5.74) is -5.69. The van der Waals surface area contributed by atoms with Gasteiger partial charge in [0.25, 0.3) is 0 Å². The molecule has 0 aliphatic carbocycles. The van der Waals surface area contributed by atoms with Crippen LogP contribution in [0.5, 0.6) is 5.75 Å². The molecule has 2 aromatic rings. The van der Waals surface area contributed by atoms with Crippen LogP contribution >= 0.6 is 0 Å². The molecule has 0 amide bonds. The van der Waals surface area contributed by atoms with Gasteiger partial charge in [-0.15, -0.1) is 0 Å². The van der Waals surface area contributed by atoms with E-state index in [4.69, 9.17) is 10.00 Å². The van der Waals surface area contributed by atoms with Gasteiger partial charge in [0.2, 0.25) is 0 Å². The molecule has 1 radical (unpaired) electrons. The lowest BCUT2D eigenvalue weighted by atomic mass is 9.88. The summed E-state index contributed by atoms with van der Waals surface area (Å²) in [5, 5.41) is 8.93. The molecule has 0 bridgehead atoms. The maximum atomic E-state index is 13.8. The minimum absolute atomic E-state index is 0.0110. The van der Waals surface area contributed by atoms with Crippen molar-refractivity contribution in [1.29, 1.82) is 5.26 Å². The van der Waals surface area contributed by atoms with Crippen molar-refractivity contribution >= 4 is 22.3 Å². The molecule has 0 N–H and O–H groups in total. The van der Waals surface area contributed by atoms with Crippen LogP contribution < -0.4 is 4.74 Å². The fourth-order valence-corrected chi connectivity index (χ4v) is 3.30. The number of carbonyl (C=O) groups excluding carboxylic acids is 1. The molecular formula is C20H11F6N2O2. The standard InChI is InChI=1S/C20H11F6N2O2/c1-9-6-10-4-3-5-14(30-2)15(10)11(16(9)19(21,22)23)7-13(29)18-17(20(24,25)26)12(8-27)28-18/h3-7H,1-2H3. The van der Waals surface area contributed by atoms with Gasteiger partial charge >= 0.3 is 12.4 Å². The fourth-order valence-electron chi connectivity index (χ4n) is 3.30. The molecule has 4 nitrogen and oxygen atoms in total. The number of nitriles is 1. The number of nitrogens with zero attached hydrogens (tertiary/aromatic N) is 2. The van der Waals surface area contributed by atoms with Gasteiger partial charge in [-0.2, -0.15) is 31.6 Å². The van der Waals surface area contributed by atoms with Gasteiger partial charge in [-0.25, -0.2) is 4.99 Å². The first-order valence-corrected chi connectivity index (χ1v) is 8.27. The van der Waals surface area contributed by atoms with Crippen LogP contribution in [0, 0.1) is 24.7 Å². The van der Waals surface area contributed by atoms with E-state index in [2.05, 4.69) is 4.99 Å². The number of aryl methyl sites for hydroxylation is 1. The van der Waals surface area contributed by atoms with E-state index in [9.17, 15) is 31.1 Å². The van der Waals surface area contributed by atoms with Crippen LogP contribution in [-0.4, -0.2) is 24.8 Å². The molecule has 1 heterocycles. The van der Waals surface area contributed by atoms with Gasteiger partial charge < -0.3 is 4.74 Å². The minimum Gasteiger partial charge on any atom is -0.496 e. The summed E-state index contributed by atoms with van der Waals surface area (Å²) in [6.07, 6.45) is -9.49. The molecule has 1 aliphatic rings. The predicted octanol–water partition coefficient (Wildman–Crippen LogP) is 5.09. The number of ether oxygens (including phenoxy) is 1. The fraction of sp³-hybridized carbons (Fsp3) is 0.200. The van der Waals surface area contributed by atoms with Crippen molar-refractivity contribution in [3.63, 3.8) is 0 Å². The number of carbonyl (C=O) groups is 1. The molecule has 1 aliphatic heterocycles. The Morgan fingerprint density at radius 1 is 1.17 bits per heavy atom. The van der Waals surface area contributed by atoms with E-state index in [-0.39, 0.29) is 16.7 Å².